The standard InChI is InChI=1S/C19H23N3O4/c1-13-5-6-16(26-13)7-8-18(23)20-12-14-3-2-4-15(11-14)22-10-9-17(21-22)19(24)25/h2-4,9-11,13,16H,5-8,12H2,1H3,(H,20,23)(H,24,25). The summed E-state index contributed by atoms with van der Waals surface area (Å²) < 4.78 is 7.23. The summed E-state index contributed by atoms with van der Waals surface area (Å²) in [7, 11) is 0. The zero-order valence-electron chi connectivity index (χ0n) is 14.7. The highest BCUT2D eigenvalue weighted by molar-refractivity contribution is 5.85. The third-order valence-corrected chi connectivity index (χ3v) is 4.49. The Morgan fingerprint density at radius 3 is 2.88 bits per heavy atom. The molecule has 3 rings (SSSR count). The van der Waals surface area contributed by atoms with Gasteiger partial charge in [-0.3, -0.25) is 4.79 Å². The second kappa shape index (κ2) is 8.14. The fourth-order valence-corrected chi connectivity index (χ4v) is 3.07. The highest BCUT2D eigenvalue weighted by Crippen LogP contribution is 2.22. The molecule has 0 spiro atoms. The maximum Gasteiger partial charge on any atom is 0.356 e. The fourth-order valence-electron chi connectivity index (χ4n) is 3.07. The highest BCUT2D eigenvalue weighted by Gasteiger charge is 2.22. The molecule has 2 aromatic rings. The maximum absolute atomic E-state index is 12.0. The van der Waals surface area contributed by atoms with Gasteiger partial charge in [0.2, 0.25) is 5.91 Å². The van der Waals surface area contributed by atoms with E-state index in [1.807, 2.05) is 24.3 Å². The number of hydrogen-bond acceptors (Lipinski definition) is 4. The number of nitrogens with zero attached hydrogens (tertiary/aromatic N) is 2. The van der Waals surface area contributed by atoms with Crippen LogP contribution in [-0.4, -0.2) is 39.0 Å². The van der Waals surface area contributed by atoms with Crippen molar-refractivity contribution >= 4 is 11.9 Å². The quantitative estimate of drug-likeness (QED) is 0.794. The smallest absolute Gasteiger partial charge is 0.356 e. The van der Waals surface area contributed by atoms with E-state index < -0.39 is 5.97 Å². The summed E-state index contributed by atoms with van der Waals surface area (Å²) in [5.41, 5.74) is 1.67. The number of aromatic nitrogens is 2. The third kappa shape index (κ3) is 4.70. The van der Waals surface area contributed by atoms with Crippen LogP contribution in [0.5, 0.6) is 0 Å². The second-order valence-corrected chi connectivity index (χ2v) is 6.58. The molecule has 7 heteroatoms. The predicted octanol–water partition coefficient (Wildman–Crippen LogP) is 2.53. The van der Waals surface area contributed by atoms with E-state index in [0.29, 0.717) is 19.1 Å². The zero-order valence-corrected chi connectivity index (χ0v) is 14.7. The molecule has 1 aliphatic heterocycles. The number of hydrogen-bond donors (Lipinski definition) is 2. The van der Waals surface area contributed by atoms with E-state index >= 15 is 0 Å². The first-order chi connectivity index (χ1) is 12.5. The summed E-state index contributed by atoms with van der Waals surface area (Å²) in [6.45, 7) is 2.48. The molecular weight excluding hydrogens is 334 g/mol. The van der Waals surface area contributed by atoms with Gasteiger partial charge in [-0.1, -0.05) is 12.1 Å². The molecule has 0 aliphatic carbocycles. The van der Waals surface area contributed by atoms with Crippen LogP contribution in [0.2, 0.25) is 0 Å². The first-order valence-corrected chi connectivity index (χ1v) is 8.81. The van der Waals surface area contributed by atoms with E-state index in [2.05, 4.69) is 17.3 Å². The van der Waals surface area contributed by atoms with Crippen LogP contribution in [0.15, 0.2) is 36.5 Å². The van der Waals surface area contributed by atoms with Gasteiger partial charge in [-0.25, -0.2) is 9.48 Å². The number of aromatic carboxylic acids is 1. The molecule has 1 fully saturated rings. The Balaban J connectivity index is 1.51. The molecule has 1 saturated heterocycles. The van der Waals surface area contributed by atoms with Crippen molar-refractivity contribution in [3.05, 3.63) is 47.8 Å². The van der Waals surface area contributed by atoms with Crippen LogP contribution >= 0.6 is 0 Å². The number of ether oxygens (including phenoxy) is 1. The molecule has 138 valence electrons. The van der Waals surface area contributed by atoms with Crippen molar-refractivity contribution in [2.24, 2.45) is 0 Å². The number of benzene rings is 1. The minimum Gasteiger partial charge on any atom is -0.476 e. The molecule has 26 heavy (non-hydrogen) atoms. The number of amides is 1. The molecule has 2 heterocycles. The monoisotopic (exact) mass is 357 g/mol. The van der Waals surface area contributed by atoms with Crippen molar-refractivity contribution in [2.45, 2.75) is 51.4 Å². The van der Waals surface area contributed by atoms with Gasteiger partial charge in [0, 0.05) is 19.2 Å². The Bertz CT molecular complexity index is 787. The van der Waals surface area contributed by atoms with Gasteiger partial charge in [-0.05, 0) is 49.9 Å². The van der Waals surface area contributed by atoms with Crippen LogP contribution in [-0.2, 0) is 16.1 Å². The average molecular weight is 357 g/mol. The van der Waals surface area contributed by atoms with Crippen molar-refractivity contribution < 1.29 is 19.4 Å². The summed E-state index contributed by atoms with van der Waals surface area (Å²) in [6, 6.07) is 8.92. The van der Waals surface area contributed by atoms with Crippen molar-refractivity contribution in [1.82, 2.24) is 15.1 Å². The van der Waals surface area contributed by atoms with Gasteiger partial charge in [0.1, 0.15) is 0 Å². The maximum atomic E-state index is 12.0. The van der Waals surface area contributed by atoms with Crippen molar-refractivity contribution in [3.8, 4) is 5.69 Å². The highest BCUT2D eigenvalue weighted by atomic mass is 16.5. The van der Waals surface area contributed by atoms with Crippen LogP contribution in [0.1, 0.15) is 48.7 Å². The van der Waals surface area contributed by atoms with Gasteiger partial charge in [-0.2, -0.15) is 5.10 Å². The summed E-state index contributed by atoms with van der Waals surface area (Å²) in [6.07, 6.45) is 5.40. The minimum atomic E-state index is -1.06. The molecule has 1 aromatic heterocycles. The molecule has 7 nitrogen and oxygen atoms in total. The molecule has 0 radical (unpaired) electrons. The average Bonchev–Trinajstić information content (AvgIpc) is 3.27. The molecule has 1 amide bonds. The van der Waals surface area contributed by atoms with Crippen molar-refractivity contribution in [2.75, 3.05) is 0 Å². The molecule has 0 bridgehead atoms. The van der Waals surface area contributed by atoms with Crippen molar-refractivity contribution in [3.63, 3.8) is 0 Å². The Hall–Kier alpha value is -2.67. The normalized spacial score (nSPS) is 19.4. The van der Waals surface area contributed by atoms with E-state index in [1.165, 1.54) is 10.7 Å². The van der Waals surface area contributed by atoms with Crippen LogP contribution in [0.3, 0.4) is 0 Å². The van der Waals surface area contributed by atoms with Gasteiger partial charge >= 0.3 is 5.97 Å². The minimum absolute atomic E-state index is 0.00538. The largest absolute Gasteiger partial charge is 0.476 e. The lowest BCUT2D eigenvalue weighted by Crippen LogP contribution is -2.24. The molecular formula is C19H23N3O4. The lowest BCUT2D eigenvalue weighted by atomic mass is 10.1. The number of carbonyl (C=O) groups excluding carboxylic acids is 1. The van der Waals surface area contributed by atoms with Gasteiger partial charge < -0.3 is 15.2 Å². The van der Waals surface area contributed by atoms with Crippen molar-refractivity contribution in [1.29, 1.82) is 0 Å². The van der Waals surface area contributed by atoms with Gasteiger partial charge in [0.25, 0.3) is 0 Å². The Morgan fingerprint density at radius 1 is 1.35 bits per heavy atom. The van der Waals surface area contributed by atoms with Gasteiger partial charge in [0.15, 0.2) is 5.69 Å². The number of carboxylic acids is 1. The third-order valence-electron chi connectivity index (χ3n) is 4.49. The summed E-state index contributed by atoms with van der Waals surface area (Å²) >= 11 is 0. The molecule has 0 saturated carbocycles. The molecule has 2 N–H and O–H groups in total. The lowest BCUT2D eigenvalue weighted by Gasteiger charge is -2.11. The Labute approximate surface area is 152 Å². The second-order valence-electron chi connectivity index (χ2n) is 6.58. The molecule has 1 aromatic carbocycles. The SMILES string of the molecule is CC1CCC(CCC(=O)NCc2cccc(-n3ccc(C(=O)O)n3)c2)O1. The van der Waals surface area contributed by atoms with Crippen LogP contribution in [0.4, 0.5) is 0 Å². The first kappa shape index (κ1) is 18.1. The predicted molar refractivity (Wildman–Crippen MR) is 95.2 cm³/mol. The first-order valence-electron chi connectivity index (χ1n) is 8.81. The van der Waals surface area contributed by atoms with Crippen LogP contribution in [0, 0.1) is 0 Å². The molecule has 1 aliphatic rings. The number of rotatable bonds is 7. The number of carboxylic acid groups (broad SMARTS) is 1. The zero-order chi connectivity index (χ0) is 18.5. The van der Waals surface area contributed by atoms with Gasteiger partial charge in [-0.15, -0.1) is 0 Å². The molecule has 2 unspecified atom stereocenters. The number of carbonyl (C=O) groups is 2. The lowest BCUT2D eigenvalue weighted by molar-refractivity contribution is -0.122. The van der Waals surface area contributed by atoms with Crippen LogP contribution in [0.25, 0.3) is 5.69 Å². The summed E-state index contributed by atoms with van der Waals surface area (Å²) in [5.74, 6) is -1.06. The summed E-state index contributed by atoms with van der Waals surface area (Å²) in [5, 5.41) is 15.9. The Morgan fingerprint density at radius 2 is 2.19 bits per heavy atom. The van der Waals surface area contributed by atoms with E-state index in [-0.39, 0.29) is 17.7 Å². The molecule has 2 atom stereocenters. The summed E-state index contributed by atoms with van der Waals surface area (Å²) in [4.78, 5) is 23.0. The van der Waals surface area contributed by atoms with E-state index in [1.54, 1.807) is 6.20 Å². The van der Waals surface area contributed by atoms with Gasteiger partial charge in [0.05, 0.1) is 17.9 Å². The van der Waals surface area contributed by atoms with E-state index in [9.17, 15) is 9.59 Å². The van der Waals surface area contributed by atoms with Crippen LogP contribution < -0.4 is 5.32 Å². The topological polar surface area (TPSA) is 93.5 Å². The van der Waals surface area contributed by atoms with E-state index in [4.69, 9.17) is 9.84 Å². The number of nitrogens with one attached hydrogen (secondary N) is 1. The fraction of sp³-hybridized carbons (Fsp3) is 0.421. The van der Waals surface area contributed by atoms with E-state index in [0.717, 1.165) is 30.5 Å². The Kier molecular flexibility index (Phi) is 5.68.